The van der Waals surface area contributed by atoms with Crippen LogP contribution in [-0.4, -0.2) is 66.5 Å². The Kier molecular flexibility index (Phi) is 5.18. The number of hydrogen-bond donors (Lipinski definition) is 2. The van der Waals surface area contributed by atoms with Gasteiger partial charge in [-0.05, 0) is 30.2 Å². The van der Waals surface area contributed by atoms with E-state index in [4.69, 9.17) is 4.74 Å². The molecule has 4 unspecified atom stereocenters. The molecule has 10 heteroatoms. The van der Waals surface area contributed by atoms with Crippen molar-refractivity contribution >= 4 is 44.9 Å². The first-order valence-electron chi connectivity index (χ1n) is 7.80. The number of rotatable bonds is 6. The summed E-state index contributed by atoms with van der Waals surface area (Å²) in [5, 5.41) is 11.3. The molecule has 0 aliphatic carbocycles. The molecule has 2 aliphatic rings. The van der Waals surface area contributed by atoms with Gasteiger partial charge in [-0.1, -0.05) is 34.1 Å². The highest BCUT2D eigenvalue weighted by Gasteiger charge is 2.74. The van der Waals surface area contributed by atoms with Gasteiger partial charge in [-0.3, -0.25) is 14.5 Å². The number of nitrogens with one attached hydrogen (secondary N) is 1. The minimum Gasteiger partial charge on any atom is -0.614 e. The summed E-state index contributed by atoms with van der Waals surface area (Å²) in [6, 6.07) is 6.50. The standard InChI is InChI=1S/C16H17BrN2O6S/c1-16(8-17)12(15(22)23)19-13(21)11(14(19)26(16)24)18-10(20)7-25-9-5-3-2-4-6-9/h2-6,11-12,14H,7-8H2,1H3,(H,18,20)(H,22,23)/t11?,12?,14-,16?,26?/m0/s1. The van der Waals surface area contributed by atoms with E-state index in [1.54, 1.807) is 31.2 Å². The number of hydrogen-bond acceptors (Lipinski definition) is 5. The minimum atomic E-state index is -1.65. The maximum Gasteiger partial charge on any atom is 0.332 e. The molecule has 2 aliphatic heterocycles. The molecule has 1 aromatic carbocycles. The van der Waals surface area contributed by atoms with Gasteiger partial charge in [0.1, 0.15) is 5.75 Å². The second-order valence-corrected chi connectivity index (χ2v) is 8.84. The molecule has 0 aromatic heterocycles. The predicted molar refractivity (Wildman–Crippen MR) is 96.3 cm³/mol. The predicted octanol–water partition coefficient (Wildman–Crippen LogP) is 0.0876. The summed E-state index contributed by atoms with van der Waals surface area (Å²) < 4.78 is 17.0. The molecule has 0 saturated carbocycles. The third-order valence-electron chi connectivity index (χ3n) is 4.54. The Hall–Kier alpha value is -1.78. The van der Waals surface area contributed by atoms with Crippen LogP contribution >= 0.6 is 15.9 Å². The second kappa shape index (κ2) is 7.09. The van der Waals surface area contributed by atoms with Crippen LogP contribution in [0.5, 0.6) is 5.75 Å². The molecule has 26 heavy (non-hydrogen) atoms. The molecule has 0 spiro atoms. The molecule has 1 aromatic rings. The van der Waals surface area contributed by atoms with Crippen molar-refractivity contribution in [2.75, 3.05) is 11.9 Å². The monoisotopic (exact) mass is 444 g/mol. The van der Waals surface area contributed by atoms with Crippen molar-refractivity contribution in [3.63, 3.8) is 0 Å². The first-order valence-corrected chi connectivity index (χ1v) is 10.1. The van der Waals surface area contributed by atoms with Crippen molar-refractivity contribution < 1.29 is 28.8 Å². The fourth-order valence-corrected chi connectivity index (χ4v) is 6.13. The molecule has 140 valence electrons. The Balaban J connectivity index is 1.67. The van der Waals surface area contributed by atoms with Crippen LogP contribution in [0.25, 0.3) is 0 Å². The third kappa shape index (κ3) is 2.95. The molecule has 2 fully saturated rings. The zero-order valence-corrected chi connectivity index (χ0v) is 16.2. The highest BCUT2D eigenvalue weighted by atomic mass is 79.9. The first kappa shape index (κ1) is 19.0. The van der Waals surface area contributed by atoms with E-state index in [1.165, 1.54) is 0 Å². The summed E-state index contributed by atoms with van der Waals surface area (Å²) >= 11 is 1.55. The number of carbonyl (C=O) groups excluding carboxylic acids is 2. The zero-order chi connectivity index (χ0) is 19.1. The lowest BCUT2D eigenvalue weighted by molar-refractivity contribution is -0.161. The number of alkyl halides is 1. The number of amides is 2. The number of carboxylic acids is 1. The minimum absolute atomic E-state index is 0.154. The van der Waals surface area contributed by atoms with Crippen molar-refractivity contribution in [2.24, 2.45) is 0 Å². The topological polar surface area (TPSA) is 119 Å². The summed E-state index contributed by atoms with van der Waals surface area (Å²) in [5.41, 5.74) is 0. The van der Waals surface area contributed by atoms with E-state index in [1.807, 2.05) is 6.07 Å². The zero-order valence-electron chi connectivity index (χ0n) is 13.8. The van der Waals surface area contributed by atoms with Gasteiger partial charge in [-0.25, -0.2) is 4.79 Å². The van der Waals surface area contributed by atoms with Gasteiger partial charge in [0.2, 0.25) is 5.37 Å². The van der Waals surface area contributed by atoms with Crippen LogP contribution in [0.15, 0.2) is 30.3 Å². The van der Waals surface area contributed by atoms with Gasteiger partial charge in [-0.2, -0.15) is 0 Å². The number of fused-ring (bicyclic) bond motifs is 1. The van der Waals surface area contributed by atoms with Gasteiger partial charge >= 0.3 is 5.97 Å². The largest absolute Gasteiger partial charge is 0.614 e. The number of carbonyl (C=O) groups is 3. The Labute approximate surface area is 161 Å². The number of nitrogens with zero attached hydrogens (tertiary/aromatic N) is 1. The van der Waals surface area contributed by atoms with E-state index in [9.17, 15) is 24.0 Å². The number of aliphatic carboxylic acids is 1. The normalized spacial score (nSPS) is 32.6. The molecular weight excluding hydrogens is 428 g/mol. The van der Waals surface area contributed by atoms with E-state index in [0.717, 1.165) is 4.90 Å². The van der Waals surface area contributed by atoms with Gasteiger partial charge in [0.25, 0.3) is 11.8 Å². The molecule has 8 nitrogen and oxygen atoms in total. The Bertz CT molecular complexity index is 735. The fraction of sp³-hybridized carbons (Fsp3) is 0.438. The average molecular weight is 445 g/mol. The third-order valence-corrected chi connectivity index (χ3v) is 8.31. The smallest absolute Gasteiger partial charge is 0.332 e. The van der Waals surface area contributed by atoms with Gasteiger partial charge in [0, 0.05) is 0 Å². The number of para-hydroxylation sites is 1. The van der Waals surface area contributed by atoms with Gasteiger partial charge < -0.3 is 19.7 Å². The highest BCUT2D eigenvalue weighted by molar-refractivity contribution is 9.09. The Morgan fingerprint density at radius 1 is 1.42 bits per heavy atom. The summed E-state index contributed by atoms with van der Waals surface area (Å²) in [4.78, 5) is 37.1. The van der Waals surface area contributed by atoms with Crippen LogP contribution in [0.2, 0.25) is 0 Å². The van der Waals surface area contributed by atoms with E-state index < -0.39 is 51.2 Å². The lowest BCUT2D eigenvalue weighted by Gasteiger charge is -2.41. The maximum atomic E-state index is 12.8. The van der Waals surface area contributed by atoms with Crippen molar-refractivity contribution in [1.82, 2.24) is 10.2 Å². The molecule has 5 atom stereocenters. The van der Waals surface area contributed by atoms with E-state index in [-0.39, 0.29) is 11.9 Å². The lowest BCUT2D eigenvalue weighted by atomic mass is 9.96. The van der Waals surface area contributed by atoms with E-state index in [0.29, 0.717) is 5.75 Å². The van der Waals surface area contributed by atoms with Gasteiger partial charge in [0.15, 0.2) is 23.4 Å². The quantitative estimate of drug-likeness (QED) is 0.364. The van der Waals surface area contributed by atoms with Crippen molar-refractivity contribution in [1.29, 1.82) is 0 Å². The highest BCUT2D eigenvalue weighted by Crippen LogP contribution is 2.46. The molecule has 2 saturated heterocycles. The van der Waals surface area contributed by atoms with Crippen LogP contribution < -0.4 is 10.1 Å². The summed E-state index contributed by atoms with van der Waals surface area (Å²) in [6.07, 6.45) is 0. The number of halogens is 1. The number of ether oxygens (including phenoxy) is 1. The van der Waals surface area contributed by atoms with Crippen molar-refractivity contribution in [3.8, 4) is 5.75 Å². The average Bonchev–Trinajstić information content (AvgIpc) is 2.85. The molecule has 0 radical (unpaired) electrons. The van der Waals surface area contributed by atoms with Gasteiger partial charge in [-0.15, -0.1) is 0 Å². The van der Waals surface area contributed by atoms with E-state index in [2.05, 4.69) is 21.2 Å². The molecular formula is C16H17BrN2O6S. The summed E-state index contributed by atoms with van der Waals surface area (Å²) in [5.74, 6) is -1.79. The molecule has 2 N–H and O–H groups in total. The Morgan fingerprint density at radius 2 is 2.08 bits per heavy atom. The number of β-lactam (4-membered cyclic amide) rings is 1. The van der Waals surface area contributed by atoms with Crippen LogP contribution in [0, 0.1) is 0 Å². The van der Waals surface area contributed by atoms with E-state index >= 15 is 0 Å². The lowest BCUT2D eigenvalue weighted by Crippen LogP contribution is -2.72. The first-order chi connectivity index (χ1) is 12.3. The molecule has 0 bridgehead atoms. The van der Waals surface area contributed by atoms with Crippen molar-refractivity contribution in [2.45, 2.75) is 29.1 Å². The van der Waals surface area contributed by atoms with Crippen LogP contribution in [0.4, 0.5) is 0 Å². The van der Waals surface area contributed by atoms with Crippen LogP contribution in [0.3, 0.4) is 0 Å². The van der Waals surface area contributed by atoms with Crippen molar-refractivity contribution in [3.05, 3.63) is 30.3 Å². The molecule has 2 amide bonds. The van der Waals surface area contributed by atoms with Gasteiger partial charge in [0.05, 0.1) is 5.33 Å². The fourth-order valence-electron chi connectivity index (χ4n) is 3.19. The SMILES string of the molecule is CC1(CBr)C(C(=O)O)N2C(=O)C(NC(=O)COc3ccccc3)[C@@H]2[S+]1[O-]. The molecule has 3 rings (SSSR count). The summed E-state index contributed by atoms with van der Waals surface area (Å²) in [6.45, 7) is 1.25. The summed E-state index contributed by atoms with van der Waals surface area (Å²) in [7, 11) is 0. The maximum absolute atomic E-state index is 12.8. The van der Waals surface area contributed by atoms with Crippen LogP contribution in [-0.2, 0) is 25.6 Å². The molecule has 2 heterocycles. The number of carboxylic acid groups (broad SMARTS) is 1. The van der Waals surface area contributed by atoms with Crippen LogP contribution in [0.1, 0.15) is 6.92 Å². The number of benzene rings is 1. The second-order valence-electron chi connectivity index (χ2n) is 6.27. The Morgan fingerprint density at radius 3 is 2.65 bits per heavy atom.